The molecule has 0 radical (unpaired) electrons. The van der Waals surface area contributed by atoms with E-state index in [1.54, 1.807) is 13.8 Å². The van der Waals surface area contributed by atoms with Crippen molar-refractivity contribution in [2.24, 2.45) is 11.1 Å². The Kier molecular flexibility index (Phi) is 5.16. The lowest BCUT2D eigenvalue weighted by Gasteiger charge is -2.28. The van der Waals surface area contributed by atoms with Crippen LogP contribution in [0.25, 0.3) is 0 Å². The molecule has 5 nitrogen and oxygen atoms in total. The fourth-order valence-corrected chi connectivity index (χ4v) is 3.08. The highest BCUT2D eigenvalue weighted by Crippen LogP contribution is 2.20. The summed E-state index contributed by atoms with van der Waals surface area (Å²) in [5, 5.41) is 7.43. The van der Waals surface area contributed by atoms with Gasteiger partial charge in [-0.1, -0.05) is 27.7 Å². The summed E-state index contributed by atoms with van der Waals surface area (Å²) in [5.41, 5.74) is 4.42. The van der Waals surface area contributed by atoms with E-state index in [1.165, 1.54) is 0 Å². The van der Waals surface area contributed by atoms with Crippen molar-refractivity contribution in [1.82, 2.24) is 4.72 Å². The average Bonchev–Trinajstić information content (AvgIpc) is 2.13. The van der Waals surface area contributed by atoms with Crippen molar-refractivity contribution in [3.8, 4) is 0 Å². The van der Waals surface area contributed by atoms with E-state index in [0.717, 1.165) is 0 Å². The standard InChI is InChI=1S/C11H25N3O2S/c1-6-11(5,9(12)13)14-17(15,16)8-7-10(2,3)4/h14H,6-8H2,1-5H3,(H3,12,13). The lowest BCUT2D eigenvalue weighted by molar-refractivity contribution is 0.394. The van der Waals surface area contributed by atoms with Gasteiger partial charge in [0.2, 0.25) is 10.0 Å². The van der Waals surface area contributed by atoms with Crippen molar-refractivity contribution < 1.29 is 8.42 Å². The summed E-state index contributed by atoms with van der Waals surface area (Å²) in [4.78, 5) is 0. The van der Waals surface area contributed by atoms with Crippen molar-refractivity contribution in [3.05, 3.63) is 0 Å². The maximum atomic E-state index is 11.9. The van der Waals surface area contributed by atoms with Gasteiger partial charge in [-0.2, -0.15) is 0 Å². The lowest BCUT2D eigenvalue weighted by atomic mass is 9.94. The average molecular weight is 263 g/mol. The highest BCUT2D eigenvalue weighted by Gasteiger charge is 2.31. The van der Waals surface area contributed by atoms with E-state index in [2.05, 4.69) is 4.72 Å². The second kappa shape index (κ2) is 5.35. The van der Waals surface area contributed by atoms with Crippen molar-refractivity contribution in [1.29, 1.82) is 5.41 Å². The highest BCUT2D eigenvalue weighted by molar-refractivity contribution is 7.89. The fourth-order valence-electron chi connectivity index (χ4n) is 1.15. The molecule has 0 bridgehead atoms. The molecule has 0 amide bonds. The van der Waals surface area contributed by atoms with Crippen LogP contribution in [-0.4, -0.2) is 25.5 Å². The minimum Gasteiger partial charge on any atom is -0.386 e. The molecule has 0 aromatic heterocycles. The third-order valence-electron chi connectivity index (χ3n) is 2.80. The predicted octanol–water partition coefficient (Wildman–Crippen LogP) is 1.45. The van der Waals surface area contributed by atoms with E-state index in [9.17, 15) is 8.42 Å². The molecule has 4 N–H and O–H groups in total. The molecule has 0 saturated heterocycles. The molecular formula is C11H25N3O2S. The van der Waals surface area contributed by atoms with Gasteiger partial charge in [-0.05, 0) is 25.2 Å². The van der Waals surface area contributed by atoms with Crippen LogP contribution in [0.2, 0.25) is 0 Å². The van der Waals surface area contributed by atoms with Crippen LogP contribution >= 0.6 is 0 Å². The number of nitrogens with one attached hydrogen (secondary N) is 2. The molecule has 0 aliphatic carbocycles. The van der Waals surface area contributed by atoms with Gasteiger partial charge in [0.1, 0.15) is 5.84 Å². The normalized spacial score (nSPS) is 16.5. The monoisotopic (exact) mass is 263 g/mol. The fraction of sp³-hybridized carbons (Fsp3) is 0.909. The Morgan fingerprint density at radius 2 is 1.76 bits per heavy atom. The third kappa shape index (κ3) is 6.02. The molecule has 0 aromatic carbocycles. The smallest absolute Gasteiger partial charge is 0.212 e. The van der Waals surface area contributed by atoms with Gasteiger partial charge < -0.3 is 5.73 Å². The maximum absolute atomic E-state index is 11.9. The van der Waals surface area contributed by atoms with Crippen molar-refractivity contribution in [3.63, 3.8) is 0 Å². The molecule has 102 valence electrons. The molecule has 0 saturated carbocycles. The van der Waals surface area contributed by atoms with Gasteiger partial charge in [0, 0.05) is 0 Å². The summed E-state index contributed by atoms with van der Waals surface area (Å²) in [6, 6.07) is 0. The summed E-state index contributed by atoms with van der Waals surface area (Å²) in [5.74, 6) is -0.0985. The van der Waals surface area contributed by atoms with Gasteiger partial charge in [-0.15, -0.1) is 0 Å². The molecule has 1 unspecified atom stereocenters. The molecular weight excluding hydrogens is 238 g/mol. The van der Waals surface area contributed by atoms with Crippen LogP contribution < -0.4 is 10.5 Å². The van der Waals surface area contributed by atoms with Gasteiger partial charge in [-0.3, -0.25) is 5.41 Å². The molecule has 0 aliphatic heterocycles. The molecule has 0 aromatic rings. The number of sulfonamides is 1. The Morgan fingerprint density at radius 3 is 2.06 bits per heavy atom. The maximum Gasteiger partial charge on any atom is 0.212 e. The first kappa shape index (κ1) is 16.4. The Balaban J connectivity index is 4.71. The van der Waals surface area contributed by atoms with Crippen LogP contribution in [0.3, 0.4) is 0 Å². The number of amidine groups is 1. The number of hydrogen-bond acceptors (Lipinski definition) is 3. The Morgan fingerprint density at radius 1 is 1.29 bits per heavy atom. The van der Waals surface area contributed by atoms with Gasteiger partial charge in [0.15, 0.2) is 0 Å². The second-order valence-electron chi connectivity index (χ2n) is 5.83. The van der Waals surface area contributed by atoms with Gasteiger partial charge in [0.25, 0.3) is 0 Å². The molecule has 0 spiro atoms. The van der Waals surface area contributed by atoms with E-state index in [4.69, 9.17) is 11.1 Å². The summed E-state index contributed by atoms with van der Waals surface area (Å²) >= 11 is 0. The van der Waals surface area contributed by atoms with Gasteiger partial charge >= 0.3 is 0 Å². The van der Waals surface area contributed by atoms with E-state index >= 15 is 0 Å². The predicted molar refractivity (Wildman–Crippen MR) is 71.6 cm³/mol. The van der Waals surface area contributed by atoms with Crippen molar-refractivity contribution in [2.75, 3.05) is 5.75 Å². The van der Waals surface area contributed by atoms with Crippen molar-refractivity contribution in [2.45, 2.75) is 53.0 Å². The number of rotatable bonds is 6. The first-order valence-electron chi connectivity index (χ1n) is 5.78. The summed E-state index contributed by atoms with van der Waals surface area (Å²) in [6.07, 6.45) is 1.02. The van der Waals surface area contributed by atoms with Crippen LogP contribution in [0.15, 0.2) is 0 Å². The molecule has 0 rings (SSSR count). The SMILES string of the molecule is CCC(C)(NS(=O)(=O)CCC(C)(C)C)C(=N)N. The zero-order chi connectivity index (χ0) is 13.9. The zero-order valence-corrected chi connectivity index (χ0v) is 12.2. The van der Waals surface area contributed by atoms with E-state index in [1.807, 2.05) is 20.8 Å². The first-order valence-corrected chi connectivity index (χ1v) is 7.43. The van der Waals surface area contributed by atoms with E-state index in [-0.39, 0.29) is 17.0 Å². The quantitative estimate of drug-likeness (QED) is 0.500. The van der Waals surface area contributed by atoms with E-state index in [0.29, 0.717) is 12.8 Å². The molecule has 17 heavy (non-hydrogen) atoms. The minimum atomic E-state index is -3.40. The van der Waals surface area contributed by atoms with Crippen LogP contribution in [0.1, 0.15) is 47.5 Å². The Hall–Kier alpha value is -0.620. The van der Waals surface area contributed by atoms with Gasteiger partial charge in [0.05, 0.1) is 11.3 Å². The largest absolute Gasteiger partial charge is 0.386 e. The summed E-state index contributed by atoms with van der Waals surface area (Å²) < 4.78 is 26.3. The van der Waals surface area contributed by atoms with Crippen LogP contribution in [0, 0.1) is 10.8 Å². The highest BCUT2D eigenvalue weighted by atomic mass is 32.2. The van der Waals surface area contributed by atoms with Crippen LogP contribution in [-0.2, 0) is 10.0 Å². The minimum absolute atomic E-state index is 0.0341. The Bertz CT molecular complexity index is 371. The van der Waals surface area contributed by atoms with Gasteiger partial charge in [-0.25, -0.2) is 13.1 Å². The second-order valence-corrected chi connectivity index (χ2v) is 7.67. The molecule has 6 heteroatoms. The number of hydrogen-bond donors (Lipinski definition) is 3. The molecule has 0 aliphatic rings. The molecule has 0 fully saturated rings. The number of nitrogens with two attached hydrogens (primary N) is 1. The summed E-state index contributed by atoms with van der Waals surface area (Å²) in [7, 11) is -3.40. The lowest BCUT2D eigenvalue weighted by Crippen LogP contribution is -2.55. The first-order chi connectivity index (χ1) is 7.42. The summed E-state index contributed by atoms with van der Waals surface area (Å²) in [6.45, 7) is 9.41. The van der Waals surface area contributed by atoms with Crippen LogP contribution in [0.4, 0.5) is 0 Å². The third-order valence-corrected chi connectivity index (χ3v) is 4.31. The van der Waals surface area contributed by atoms with E-state index < -0.39 is 15.6 Å². The topological polar surface area (TPSA) is 96.0 Å². The van der Waals surface area contributed by atoms with Crippen molar-refractivity contribution >= 4 is 15.9 Å². The molecule has 0 heterocycles. The zero-order valence-electron chi connectivity index (χ0n) is 11.4. The molecule has 1 atom stereocenters. The van der Waals surface area contributed by atoms with Crippen LogP contribution in [0.5, 0.6) is 0 Å². The Labute approximate surface area is 105 Å².